The van der Waals surface area contributed by atoms with Gasteiger partial charge in [0.1, 0.15) is 0 Å². The van der Waals surface area contributed by atoms with Gasteiger partial charge >= 0.3 is 0 Å². The molecule has 0 radical (unpaired) electrons. The molecule has 5 atom stereocenters. The summed E-state index contributed by atoms with van der Waals surface area (Å²) in [5.41, 5.74) is 1.09. The van der Waals surface area contributed by atoms with Gasteiger partial charge in [0.25, 0.3) is 8.32 Å². The van der Waals surface area contributed by atoms with E-state index in [-0.39, 0.29) is 29.1 Å². The molecule has 0 saturated carbocycles. The molecule has 1 saturated heterocycles. The fourth-order valence-corrected chi connectivity index (χ4v) is 11.1. The van der Waals surface area contributed by atoms with Crippen LogP contribution in [0.3, 0.4) is 0 Å². The lowest BCUT2D eigenvalue weighted by Gasteiger charge is -2.47. The molecule has 1 aliphatic rings. The third-order valence-electron chi connectivity index (χ3n) is 8.86. The van der Waals surface area contributed by atoms with E-state index in [0.29, 0.717) is 5.92 Å². The first-order chi connectivity index (χ1) is 19.2. The van der Waals surface area contributed by atoms with E-state index < -0.39 is 14.1 Å². The zero-order valence-electron chi connectivity index (χ0n) is 27.6. The summed E-state index contributed by atoms with van der Waals surface area (Å²) >= 11 is 0. The lowest BCUT2D eigenvalue weighted by atomic mass is 9.82. The summed E-state index contributed by atoms with van der Waals surface area (Å²) < 4.78 is 20.4. The summed E-state index contributed by atoms with van der Waals surface area (Å²) in [5, 5.41) is 9.20. The Bertz CT molecular complexity index is 1060. The highest BCUT2D eigenvalue weighted by Crippen LogP contribution is 2.39. The maximum atomic E-state index is 7.31. The first kappa shape index (κ1) is 33.5. The second-order valence-electron chi connectivity index (χ2n) is 13.7. The van der Waals surface area contributed by atoms with Crippen LogP contribution in [0.2, 0.25) is 5.04 Å². The maximum absolute atomic E-state index is 7.31. The smallest absolute Gasteiger partial charge is 0.261 e. The van der Waals surface area contributed by atoms with Gasteiger partial charge in [0.2, 0.25) is 0 Å². The molecule has 0 unspecified atom stereocenters. The normalized spacial score (nSPS) is 23.2. The Hall–Kier alpha value is -1.99. The van der Waals surface area contributed by atoms with Crippen molar-refractivity contribution in [1.29, 1.82) is 0 Å². The monoisotopic (exact) mass is 580 g/mol. The Morgan fingerprint density at radius 1 is 1.00 bits per heavy atom. The van der Waals surface area contributed by atoms with Gasteiger partial charge in [-0.15, -0.1) is 0 Å². The molecule has 1 aliphatic heterocycles. The molecule has 0 N–H and O–H groups in total. The average molecular weight is 581 g/mol. The van der Waals surface area contributed by atoms with Crippen LogP contribution in [-0.2, 0) is 13.9 Å². The fourth-order valence-electron chi connectivity index (χ4n) is 6.48. The van der Waals surface area contributed by atoms with E-state index in [1.165, 1.54) is 10.4 Å². The molecule has 0 bridgehead atoms. The molecule has 0 spiro atoms. The topological polar surface area (TPSA) is 43.3 Å². The van der Waals surface area contributed by atoms with Crippen LogP contribution < -0.4 is 10.4 Å². The van der Waals surface area contributed by atoms with Gasteiger partial charge in [0, 0.05) is 38.2 Å². The molecule has 0 aliphatic carbocycles. The highest BCUT2D eigenvalue weighted by molar-refractivity contribution is 6.99. The van der Waals surface area contributed by atoms with Crippen molar-refractivity contribution in [3.05, 3.63) is 60.7 Å². The molecule has 228 valence electrons. The predicted octanol–water partition coefficient (Wildman–Crippen LogP) is 7.10. The minimum Gasteiger partial charge on any atom is -0.407 e. The van der Waals surface area contributed by atoms with Crippen molar-refractivity contribution in [2.45, 2.75) is 105 Å². The maximum Gasteiger partial charge on any atom is 0.261 e. The summed E-state index contributed by atoms with van der Waals surface area (Å²) in [7, 11) is 1.38. The number of hydrazone groups is 1. The van der Waals surface area contributed by atoms with Crippen LogP contribution in [0.15, 0.2) is 65.8 Å². The number of hydrogen-bond acceptors (Lipinski definition) is 5. The van der Waals surface area contributed by atoms with Crippen molar-refractivity contribution in [3.63, 3.8) is 0 Å². The molecule has 2 aromatic carbocycles. The van der Waals surface area contributed by atoms with Crippen LogP contribution in [0.1, 0.15) is 81.6 Å². The Morgan fingerprint density at radius 2 is 1.54 bits per heavy atom. The number of ether oxygens (including phenoxy) is 2. The molecule has 0 aromatic heterocycles. The predicted molar refractivity (Wildman–Crippen MR) is 176 cm³/mol. The lowest BCUT2D eigenvalue weighted by Crippen LogP contribution is -2.66. The SMILES string of the molecule is CC[C@@H](CC[C@@H]1OC(C)(C)O[C@@H]([C@@H](C)/C(C)=N/N(C)C)[C@@H]1C)CO[Si](c1ccccc1)(c1ccccc1)C(C)(C)C. The summed E-state index contributed by atoms with van der Waals surface area (Å²) in [5.74, 6) is 0.298. The van der Waals surface area contributed by atoms with E-state index in [4.69, 9.17) is 13.9 Å². The van der Waals surface area contributed by atoms with Gasteiger partial charge in [-0.25, -0.2) is 0 Å². The molecular weight excluding hydrogens is 524 g/mol. The first-order valence-electron chi connectivity index (χ1n) is 15.5. The van der Waals surface area contributed by atoms with Crippen molar-refractivity contribution < 1.29 is 13.9 Å². The second kappa shape index (κ2) is 14.0. The van der Waals surface area contributed by atoms with Crippen LogP contribution in [0, 0.1) is 17.8 Å². The van der Waals surface area contributed by atoms with Gasteiger partial charge < -0.3 is 18.9 Å². The number of nitrogens with zero attached hydrogens (tertiary/aromatic N) is 2. The van der Waals surface area contributed by atoms with Crippen molar-refractivity contribution in [2.24, 2.45) is 22.9 Å². The Balaban J connectivity index is 1.80. The number of rotatable bonds is 12. The van der Waals surface area contributed by atoms with Gasteiger partial charge in [-0.2, -0.15) is 5.10 Å². The van der Waals surface area contributed by atoms with Crippen LogP contribution >= 0.6 is 0 Å². The van der Waals surface area contributed by atoms with Gasteiger partial charge in [-0.05, 0) is 54.9 Å². The van der Waals surface area contributed by atoms with Gasteiger partial charge in [-0.1, -0.05) is 109 Å². The summed E-state index contributed by atoms with van der Waals surface area (Å²) in [6.45, 7) is 20.8. The Labute approximate surface area is 251 Å². The van der Waals surface area contributed by atoms with E-state index in [1.807, 2.05) is 33.0 Å². The standard InChI is InChI=1S/C35H56N2O3Si/c1-12-29(23-24-32-27(3)33(40-35(8,9)39-32)26(2)28(4)36-37(10)11)25-38-41(34(5,6)7,30-19-15-13-16-20-30)31-21-17-14-18-22-31/h13-22,26-27,29,32-33H,12,23-25H2,1-11H3/b36-28+/t26-,27+,29-,32-,33-/m0/s1. The second-order valence-corrected chi connectivity index (χ2v) is 18.0. The molecule has 2 aromatic rings. The molecule has 6 heteroatoms. The van der Waals surface area contributed by atoms with Crippen LogP contribution in [0.25, 0.3) is 0 Å². The van der Waals surface area contributed by atoms with Gasteiger partial charge in [0.15, 0.2) is 5.79 Å². The third-order valence-corrected chi connectivity index (χ3v) is 13.9. The van der Waals surface area contributed by atoms with Crippen LogP contribution in [0.4, 0.5) is 0 Å². The Kier molecular flexibility index (Phi) is 11.4. The van der Waals surface area contributed by atoms with E-state index in [1.54, 1.807) is 0 Å². The third kappa shape index (κ3) is 8.10. The molecule has 3 rings (SSSR count). The quantitative estimate of drug-likeness (QED) is 0.153. The summed E-state index contributed by atoms with van der Waals surface area (Å²) in [4.78, 5) is 0. The number of hydrogen-bond donors (Lipinski definition) is 0. The molecule has 5 nitrogen and oxygen atoms in total. The minimum absolute atomic E-state index is 0.0221. The van der Waals surface area contributed by atoms with E-state index in [2.05, 4.69) is 114 Å². The van der Waals surface area contributed by atoms with Gasteiger partial charge in [-0.3, -0.25) is 0 Å². The van der Waals surface area contributed by atoms with Gasteiger partial charge in [0.05, 0.1) is 12.2 Å². The molecular formula is C35H56N2O3Si. The highest BCUT2D eigenvalue weighted by Gasteiger charge is 2.50. The van der Waals surface area contributed by atoms with Crippen molar-refractivity contribution in [1.82, 2.24) is 5.01 Å². The number of benzene rings is 2. The summed E-state index contributed by atoms with van der Waals surface area (Å²) in [6, 6.07) is 21.9. The zero-order valence-corrected chi connectivity index (χ0v) is 28.6. The van der Waals surface area contributed by atoms with Crippen LogP contribution in [-0.4, -0.2) is 57.7 Å². The highest BCUT2D eigenvalue weighted by atomic mass is 28.4. The van der Waals surface area contributed by atoms with Crippen molar-refractivity contribution in [2.75, 3.05) is 20.7 Å². The van der Waals surface area contributed by atoms with Crippen LogP contribution in [0.5, 0.6) is 0 Å². The molecule has 0 amide bonds. The van der Waals surface area contributed by atoms with E-state index in [9.17, 15) is 0 Å². The Morgan fingerprint density at radius 3 is 2.00 bits per heavy atom. The fraction of sp³-hybridized carbons (Fsp3) is 0.629. The minimum atomic E-state index is -2.55. The average Bonchev–Trinajstić information content (AvgIpc) is 2.91. The van der Waals surface area contributed by atoms with Crippen molar-refractivity contribution >= 4 is 24.4 Å². The lowest BCUT2D eigenvalue weighted by molar-refractivity contribution is -0.324. The van der Waals surface area contributed by atoms with Crippen molar-refractivity contribution in [3.8, 4) is 0 Å². The molecule has 41 heavy (non-hydrogen) atoms. The molecule has 1 fully saturated rings. The zero-order chi connectivity index (χ0) is 30.4. The van der Waals surface area contributed by atoms with E-state index >= 15 is 0 Å². The summed E-state index contributed by atoms with van der Waals surface area (Å²) in [6.07, 6.45) is 3.31. The largest absolute Gasteiger partial charge is 0.407 e. The first-order valence-corrected chi connectivity index (χ1v) is 17.5. The van der Waals surface area contributed by atoms with E-state index in [0.717, 1.165) is 31.6 Å². The molecule has 1 heterocycles.